The lowest BCUT2D eigenvalue weighted by atomic mass is 10.1. The second-order valence-corrected chi connectivity index (χ2v) is 9.66. The molecule has 0 bridgehead atoms. The van der Waals surface area contributed by atoms with Crippen molar-refractivity contribution < 1.29 is 17.9 Å². The molecule has 1 aliphatic heterocycles. The van der Waals surface area contributed by atoms with Gasteiger partial charge in [-0.3, -0.25) is 9.52 Å². The van der Waals surface area contributed by atoms with E-state index in [0.717, 1.165) is 28.9 Å². The van der Waals surface area contributed by atoms with E-state index in [1.165, 1.54) is 0 Å². The van der Waals surface area contributed by atoms with Gasteiger partial charge in [0.2, 0.25) is 15.9 Å². The fourth-order valence-electron chi connectivity index (χ4n) is 3.08. The Hall–Kier alpha value is -2.17. The van der Waals surface area contributed by atoms with Crippen LogP contribution in [-0.2, 0) is 27.8 Å². The summed E-state index contributed by atoms with van der Waals surface area (Å²) < 4.78 is 31.0. The van der Waals surface area contributed by atoms with Crippen molar-refractivity contribution in [3.05, 3.63) is 40.9 Å². The van der Waals surface area contributed by atoms with E-state index >= 15 is 0 Å². The minimum absolute atomic E-state index is 0.0663. The van der Waals surface area contributed by atoms with Gasteiger partial charge in [0.05, 0.1) is 24.4 Å². The lowest BCUT2D eigenvalue weighted by Crippen LogP contribution is -2.47. The lowest BCUT2D eigenvalue weighted by Gasteiger charge is -2.31. The number of likely N-dealkylation sites (N-methyl/N-ethyl adjacent to an activating group) is 1. The van der Waals surface area contributed by atoms with Crippen molar-refractivity contribution >= 4 is 32.4 Å². The zero-order chi connectivity index (χ0) is 20.3. The number of nitrogens with one attached hydrogen (secondary N) is 1. The molecule has 0 fully saturated rings. The molecular formula is C18H24N4O4S2. The van der Waals surface area contributed by atoms with E-state index in [-0.39, 0.29) is 23.5 Å². The molecule has 0 aliphatic carbocycles. The van der Waals surface area contributed by atoms with Gasteiger partial charge in [-0.15, -0.1) is 11.3 Å². The second-order valence-electron chi connectivity index (χ2n) is 7.05. The Morgan fingerprint density at radius 1 is 1.39 bits per heavy atom. The Morgan fingerprint density at radius 2 is 2.14 bits per heavy atom. The number of fused-ring (bicyclic) bond motifs is 1. The molecule has 1 aliphatic rings. The molecule has 10 heteroatoms. The van der Waals surface area contributed by atoms with Crippen LogP contribution in [0.2, 0.25) is 0 Å². The molecule has 1 unspecified atom stereocenters. The molecule has 2 aromatic rings. The van der Waals surface area contributed by atoms with Gasteiger partial charge < -0.3 is 14.5 Å². The van der Waals surface area contributed by atoms with Gasteiger partial charge in [0.25, 0.3) is 0 Å². The van der Waals surface area contributed by atoms with Crippen LogP contribution in [0.4, 0.5) is 5.13 Å². The molecule has 1 aromatic heterocycles. The average Bonchev–Trinajstić information content (AvgIpc) is 2.92. The molecule has 2 heterocycles. The van der Waals surface area contributed by atoms with E-state index in [4.69, 9.17) is 4.74 Å². The monoisotopic (exact) mass is 424 g/mol. The highest BCUT2D eigenvalue weighted by Gasteiger charge is 2.29. The first-order chi connectivity index (χ1) is 13.2. The van der Waals surface area contributed by atoms with E-state index in [0.29, 0.717) is 25.4 Å². The van der Waals surface area contributed by atoms with E-state index in [1.807, 2.05) is 48.2 Å². The molecule has 0 saturated carbocycles. The van der Waals surface area contributed by atoms with Crippen LogP contribution in [0, 0.1) is 0 Å². The zero-order valence-electron chi connectivity index (χ0n) is 16.1. The highest BCUT2D eigenvalue weighted by molar-refractivity contribution is 7.92. The number of carbonyl (C=O) groups is 1. The maximum absolute atomic E-state index is 13.1. The Morgan fingerprint density at radius 3 is 2.86 bits per heavy atom. The number of amides is 1. The van der Waals surface area contributed by atoms with Gasteiger partial charge in [-0.1, -0.05) is 18.2 Å². The third-order valence-corrected chi connectivity index (χ3v) is 5.74. The summed E-state index contributed by atoms with van der Waals surface area (Å²) in [6.45, 7) is 1.56. The van der Waals surface area contributed by atoms with Gasteiger partial charge in [0.1, 0.15) is 12.4 Å². The molecule has 152 valence electrons. The summed E-state index contributed by atoms with van der Waals surface area (Å²) in [7, 11) is 0.532. The number of ether oxygens (including phenoxy) is 1. The molecule has 1 amide bonds. The van der Waals surface area contributed by atoms with Crippen molar-refractivity contribution in [1.82, 2.24) is 14.8 Å². The molecule has 1 atom stereocenters. The van der Waals surface area contributed by atoms with Crippen LogP contribution in [-0.4, -0.2) is 68.7 Å². The van der Waals surface area contributed by atoms with Crippen LogP contribution in [0.5, 0.6) is 5.75 Å². The molecule has 3 rings (SSSR count). The van der Waals surface area contributed by atoms with Crippen molar-refractivity contribution in [1.29, 1.82) is 0 Å². The van der Waals surface area contributed by atoms with Crippen LogP contribution in [0.15, 0.2) is 29.6 Å². The van der Waals surface area contributed by atoms with Gasteiger partial charge in [0.15, 0.2) is 5.13 Å². The number of rotatable bonds is 6. The Labute approximate surface area is 169 Å². The summed E-state index contributed by atoms with van der Waals surface area (Å²) >= 11 is 1.16. The molecular weight excluding hydrogens is 400 g/mol. The number of anilines is 1. The number of para-hydroxylation sites is 1. The highest BCUT2D eigenvalue weighted by atomic mass is 32.2. The molecule has 0 spiro atoms. The van der Waals surface area contributed by atoms with Gasteiger partial charge >= 0.3 is 0 Å². The fraction of sp³-hybridized carbons (Fsp3) is 0.444. The van der Waals surface area contributed by atoms with Crippen LogP contribution in [0.3, 0.4) is 0 Å². The first-order valence-electron chi connectivity index (χ1n) is 8.78. The normalized spacial score (nSPS) is 17.0. The maximum atomic E-state index is 13.1. The zero-order valence-corrected chi connectivity index (χ0v) is 17.7. The van der Waals surface area contributed by atoms with Crippen molar-refractivity contribution in [3.63, 3.8) is 0 Å². The molecule has 8 nitrogen and oxygen atoms in total. The quantitative estimate of drug-likeness (QED) is 0.754. The predicted octanol–water partition coefficient (Wildman–Crippen LogP) is 1.41. The largest absolute Gasteiger partial charge is 0.491 e. The maximum Gasteiger partial charge on any atom is 0.231 e. The Kier molecular flexibility index (Phi) is 6.21. The number of benzene rings is 1. The molecule has 1 N–H and O–H groups in total. The topological polar surface area (TPSA) is 91.8 Å². The minimum atomic E-state index is -3.39. The minimum Gasteiger partial charge on any atom is -0.491 e. The lowest BCUT2D eigenvalue weighted by molar-refractivity contribution is -0.134. The molecule has 0 radical (unpaired) electrons. The summed E-state index contributed by atoms with van der Waals surface area (Å²) in [5.74, 6) is 0.734. The fourth-order valence-corrected chi connectivity index (χ4v) is 4.64. The summed E-state index contributed by atoms with van der Waals surface area (Å²) in [5, 5.41) is 1.97. The highest BCUT2D eigenvalue weighted by Crippen LogP contribution is 2.26. The number of aromatic nitrogens is 1. The Balaban J connectivity index is 1.78. The number of sulfonamides is 1. The van der Waals surface area contributed by atoms with E-state index in [2.05, 4.69) is 9.71 Å². The molecule has 0 saturated heterocycles. The second kappa shape index (κ2) is 8.46. The smallest absolute Gasteiger partial charge is 0.231 e. The number of nitrogens with zero attached hydrogens (tertiary/aromatic N) is 3. The molecule has 1 aromatic carbocycles. The van der Waals surface area contributed by atoms with E-state index < -0.39 is 10.0 Å². The van der Waals surface area contributed by atoms with Crippen LogP contribution >= 0.6 is 11.3 Å². The summed E-state index contributed by atoms with van der Waals surface area (Å²) in [5.41, 5.74) is 1.51. The van der Waals surface area contributed by atoms with Crippen molar-refractivity contribution in [2.45, 2.75) is 19.0 Å². The van der Waals surface area contributed by atoms with Crippen LogP contribution in [0.25, 0.3) is 0 Å². The Bertz CT molecular complexity index is 943. The number of hydrogen-bond donors (Lipinski definition) is 1. The van der Waals surface area contributed by atoms with E-state index in [1.54, 1.807) is 5.38 Å². The third-order valence-electron chi connectivity index (χ3n) is 4.24. The number of carbonyl (C=O) groups excluding carboxylic acids is 1. The van der Waals surface area contributed by atoms with Gasteiger partial charge in [0, 0.05) is 24.0 Å². The van der Waals surface area contributed by atoms with Gasteiger partial charge in [-0.2, -0.15) is 0 Å². The summed E-state index contributed by atoms with van der Waals surface area (Å²) in [6, 6.07) is 7.63. The van der Waals surface area contributed by atoms with Crippen molar-refractivity contribution in [2.75, 3.05) is 38.2 Å². The summed E-state index contributed by atoms with van der Waals surface area (Å²) in [4.78, 5) is 21.2. The third kappa shape index (κ3) is 5.43. The summed E-state index contributed by atoms with van der Waals surface area (Å²) in [6.07, 6.45) is 1.17. The van der Waals surface area contributed by atoms with Crippen LogP contribution in [0.1, 0.15) is 11.3 Å². The van der Waals surface area contributed by atoms with Crippen molar-refractivity contribution in [3.8, 4) is 5.75 Å². The number of hydrogen-bond acceptors (Lipinski definition) is 7. The first-order valence-corrected chi connectivity index (χ1v) is 11.6. The average molecular weight is 425 g/mol. The molecule has 28 heavy (non-hydrogen) atoms. The van der Waals surface area contributed by atoms with Gasteiger partial charge in [-0.25, -0.2) is 13.4 Å². The van der Waals surface area contributed by atoms with E-state index in [9.17, 15) is 13.2 Å². The predicted molar refractivity (Wildman–Crippen MR) is 109 cm³/mol. The standard InChI is InChI=1S/C18H24N4O4S2/c1-21(2)10-15-11-26-16-7-5-4-6-13(16)9-22(15)17(23)8-14-12-27-18(19-14)20-28(3,24)25/h4-7,12,15H,8-11H2,1-3H3,(H,19,20). The first kappa shape index (κ1) is 20.6. The van der Waals surface area contributed by atoms with Crippen molar-refractivity contribution in [2.24, 2.45) is 0 Å². The van der Waals surface area contributed by atoms with Crippen LogP contribution < -0.4 is 9.46 Å². The van der Waals surface area contributed by atoms with Gasteiger partial charge in [-0.05, 0) is 20.2 Å². The number of thiazole rings is 1. The SMILES string of the molecule is CN(C)CC1COc2ccccc2CN1C(=O)Cc1csc(NS(C)(=O)=O)n1.